The van der Waals surface area contributed by atoms with Gasteiger partial charge in [-0.05, 0) is 36.1 Å². The zero-order chi connectivity index (χ0) is 18.8. The molecule has 4 nitrogen and oxygen atoms in total. The van der Waals surface area contributed by atoms with Crippen molar-refractivity contribution in [2.24, 2.45) is 7.05 Å². The summed E-state index contributed by atoms with van der Waals surface area (Å²) in [6, 6.07) is 16.4. The number of nitrogens with one attached hydrogen (secondary N) is 1. The van der Waals surface area contributed by atoms with E-state index in [2.05, 4.69) is 10.3 Å². The zero-order valence-electron chi connectivity index (χ0n) is 14.9. The van der Waals surface area contributed by atoms with Gasteiger partial charge in [0.25, 0.3) is 0 Å². The van der Waals surface area contributed by atoms with Crippen molar-refractivity contribution in [3.63, 3.8) is 0 Å². The topological polar surface area (TPSA) is 46.9 Å². The molecule has 1 unspecified atom stereocenters. The molecule has 1 amide bonds. The largest absolute Gasteiger partial charge is 0.352 e. The van der Waals surface area contributed by atoms with E-state index in [4.69, 9.17) is 0 Å². The molecule has 1 N–H and O–H groups in total. The Bertz CT molecular complexity index is 936. The smallest absolute Gasteiger partial charge is 0.238 e. The molecule has 2 aromatic carbocycles. The maximum Gasteiger partial charge on any atom is 0.238 e. The van der Waals surface area contributed by atoms with Gasteiger partial charge in [-0.1, -0.05) is 54.2 Å². The summed E-state index contributed by atoms with van der Waals surface area (Å²) in [6.07, 6.45) is 3.86. The first-order valence-corrected chi connectivity index (χ1v) is 9.79. The van der Waals surface area contributed by atoms with Crippen molar-refractivity contribution in [1.29, 1.82) is 0 Å². The van der Waals surface area contributed by atoms with Crippen LogP contribution in [0.4, 0.5) is 4.39 Å². The molecule has 6 heteroatoms. The molecule has 27 heavy (non-hydrogen) atoms. The van der Waals surface area contributed by atoms with Gasteiger partial charge in [-0.15, -0.1) is 0 Å². The van der Waals surface area contributed by atoms with E-state index in [1.807, 2.05) is 48.1 Å². The summed E-state index contributed by atoms with van der Waals surface area (Å²) < 4.78 is 15.3. The van der Waals surface area contributed by atoms with Gasteiger partial charge < -0.3 is 9.88 Å². The highest BCUT2D eigenvalue weighted by Crippen LogP contribution is 2.37. The van der Waals surface area contributed by atoms with E-state index in [0.29, 0.717) is 0 Å². The Morgan fingerprint density at radius 1 is 1.19 bits per heavy atom. The molecule has 0 aliphatic heterocycles. The quantitative estimate of drug-likeness (QED) is 0.646. The molecule has 4 rings (SSSR count). The van der Waals surface area contributed by atoms with Crippen LogP contribution < -0.4 is 5.32 Å². The highest BCUT2D eigenvalue weighted by Gasteiger charge is 2.30. The van der Waals surface area contributed by atoms with Gasteiger partial charge in [0.05, 0.1) is 11.9 Å². The minimum absolute atomic E-state index is 0.0571. The van der Waals surface area contributed by atoms with Crippen LogP contribution in [-0.4, -0.2) is 21.5 Å². The van der Waals surface area contributed by atoms with Crippen molar-refractivity contribution < 1.29 is 9.18 Å². The van der Waals surface area contributed by atoms with Crippen LogP contribution in [0.15, 0.2) is 66.0 Å². The Balaban J connectivity index is 1.62. The monoisotopic (exact) mass is 381 g/mol. The summed E-state index contributed by atoms with van der Waals surface area (Å²) in [4.78, 5) is 17.3. The number of benzene rings is 2. The van der Waals surface area contributed by atoms with Crippen molar-refractivity contribution in [2.45, 2.75) is 29.3 Å². The highest BCUT2D eigenvalue weighted by molar-refractivity contribution is 8.00. The minimum atomic E-state index is -0.476. The molecule has 0 radical (unpaired) electrons. The first kappa shape index (κ1) is 17.8. The van der Waals surface area contributed by atoms with Gasteiger partial charge >= 0.3 is 0 Å². The fourth-order valence-electron chi connectivity index (χ4n) is 2.90. The van der Waals surface area contributed by atoms with Gasteiger partial charge in [0.1, 0.15) is 11.1 Å². The van der Waals surface area contributed by atoms with Crippen LogP contribution in [0.25, 0.3) is 11.3 Å². The van der Waals surface area contributed by atoms with E-state index in [1.54, 1.807) is 12.1 Å². The van der Waals surface area contributed by atoms with E-state index in [9.17, 15) is 9.18 Å². The second kappa shape index (κ2) is 7.56. The lowest BCUT2D eigenvalue weighted by Crippen LogP contribution is -2.29. The number of rotatable bonds is 6. The van der Waals surface area contributed by atoms with Crippen molar-refractivity contribution >= 4 is 17.7 Å². The Morgan fingerprint density at radius 3 is 2.56 bits per heavy atom. The lowest BCUT2D eigenvalue weighted by Gasteiger charge is -2.17. The molecule has 0 saturated heterocycles. The SMILES string of the molecule is Cn1c(-c2ccccc2)cnc1SC(C(=O)NC1CC1)c1ccc(F)cc1. The van der Waals surface area contributed by atoms with Crippen LogP contribution in [0.2, 0.25) is 0 Å². The molecule has 1 heterocycles. The molecule has 1 aliphatic rings. The van der Waals surface area contributed by atoms with Gasteiger partial charge in [0.15, 0.2) is 5.16 Å². The number of thioether (sulfide) groups is 1. The van der Waals surface area contributed by atoms with Gasteiger partial charge in [-0.25, -0.2) is 9.37 Å². The molecule has 1 atom stereocenters. The number of nitrogens with zero attached hydrogens (tertiary/aromatic N) is 2. The molecule has 1 fully saturated rings. The van der Waals surface area contributed by atoms with Gasteiger partial charge in [-0.3, -0.25) is 4.79 Å². The fourth-order valence-corrected chi connectivity index (χ4v) is 3.95. The second-order valence-electron chi connectivity index (χ2n) is 6.68. The van der Waals surface area contributed by atoms with Crippen molar-refractivity contribution in [3.05, 3.63) is 72.2 Å². The van der Waals surface area contributed by atoms with E-state index >= 15 is 0 Å². The number of hydrogen-bond donors (Lipinski definition) is 1. The first-order valence-electron chi connectivity index (χ1n) is 8.91. The summed E-state index contributed by atoms with van der Waals surface area (Å²) >= 11 is 1.39. The predicted octanol–water partition coefficient (Wildman–Crippen LogP) is 4.34. The number of imidazole rings is 1. The van der Waals surface area contributed by atoms with Gasteiger partial charge in [0, 0.05) is 13.1 Å². The zero-order valence-corrected chi connectivity index (χ0v) is 15.7. The number of halogens is 1. The average Bonchev–Trinajstić information content (AvgIpc) is 3.42. The third-order valence-electron chi connectivity index (χ3n) is 4.57. The summed E-state index contributed by atoms with van der Waals surface area (Å²) in [6.45, 7) is 0. The number of hydrogen-bond acceptors (Lipinski definition) is 3. The number of aromatic nitrogens is 2. The molecule has 138 valence electrons. The summed E-state index contributed by atoms with van der Waals surface area (Å²) in [5.74, 6) is -0.369. The van der Waals surface area contributed by atoms with Gasteiger partial charge in [0.2, 0.25) is 5.91 Å². The molecular weight excluding hydrogens is 361 g/mol. The van der Waals surface area contributed by atoms with Crippen molar-refractivity contribution in [3.8, 4) is 11.3 Å². The van der Waals surface area contributed by atoms with E-state index < -0.39 is 5.25 Å². The third kappa shape index (κ3) is 4.06. The maximum atomic E-state index is 13.3. The summed E-state index contributed by atoms with van der Waals surface area (Å²) in [7, 11) is 1.94. The van der Waals surface area contributed by atoms with Crippen LogP contribution in [0, 0.1) is 5.82 Å². The third-order valence-corrected chi connectivity index (χ3v) is 5.89. The fraction of sp³-hybridized carbons (Fsp3) is 0.238. The van der Waals surface area contributed by atoms with E-state index in [-0.39, 0.29) is 17.8 Å². The molecular formula is C21H20FN3OS. The first-order chi connectivity index (χ1) is 13.1. The number of carbonyl (C=O) groups excluding carboxylic acids is 1. The Morgan fingerprint density at radius 2 is 1.89 bits per heavy atom. The molecule has 1 aliphatic carbocycles. The molecule has 0 bridgehead atoms. The molecule has 3 aromatic rings. The lowest BCUT2D eigenvalue weighted by atomic mass is 10.1. The van der Waals surface area contributed by atoms with Crippen LogP contribution in [0.3, 0.4) is 0 Å². The number of carbonyl (C=O) groups is 1. The van der Waals surface area contributed by atoms with Crippen LogP contribution >= 0.6 is 11.8 Å². The second-order valence-corrected chi connectivity index (χ2v) is 7.76. The molecule has 1 saturated carbocycles. The Kier molecular flexibility index (Phi) is 4.99. The summed E-state index contributed by atoms with van der Waals surface area (Å²) in [5.41, 5.74) is 2.82. The van der Waals surface area contributed by atoms with Crippen LogP contribution in [-0.2, 0) is 11.8 Å². The summed E-state index contributed by atoms with van der Waals surface area (Å²) in [5, 5.41) is 3.32. The van der Waals surface area contributed by atoms with Crippen LogP contribution in [0.5, 0.6) is 0 Å². The number of amides is 1. The van der Waals surface area contributed by atoms with Crippen molar-refractivity contribution in [1.82, 2.24) is 14.9 Å². The van der Waals surface area contributed by atoms with E-state index in [0.717, 1.165) is 34.8 Å². The maximum absolute atomic E-state index is 13.3. The highest BCUT2D eigenvalue weighted by atomic mass is 32.2. The molecule has 0 spiro atoms. The van der Waals surface area contributed by atoms with Crippen molar-refractivity contribution in [2.75, 3.05) is 0 Å². The normalized spacial score (nSPS) is 14.7. The Labute approximate surface area is 161 Å². The van der Waals surface area contributed by atoms with Gasteiger partial charge in [-0.2, -0.15) is 0 Å². The molecule has 1 aromatic heterocycles. The Hall–Kier alpha value is -2.60. The van der Waals surface area contributed by atoms with Crippen LogP contribution in [0.1, 0.15) is 23.7 Å². The minimum Gasteiger partial charge on any atom is -0.352 e. The lowest BCUT2D eigenvalue weighted by molar-refractivity contribution is -0.120. The standard InChI is InChI=1S/C21H20FN3OS/c1-25-18(14-5-3-2-4-6-14)13-23-21(25)27-19(20(26)24-17-11-12-17)15-7-9-16(22)10-8-15/h2-10,13,17,19H,11-12H2,1H3,(H,24,26). The average molecular weight is 381 g/mol. The van der Waals surface area contributed by atoms with E-state index in [1.165, 1.54) is 23.9 Å². The predicted molar refractivity (Wildman–Crippen MR) is 105 cm³/mol.